The quantitative estimate of drug-likeness (QED) is 0.0675. The molecule has 21 rings (SSSR count). The molecular weight excluding hydrogens is 1200 g/mol. The van der Waals surface area contributed by atoms with Crippen LogP contribution in [0.25, 0.3) is 0 Å². The van der Waals surface area contributed by atoms with Crippen molar-refractivity contribution in [1.29, 1.82) is 0 Å². The van der Waals surface area contributed by atoms with E-state index < -0.39 is 286 Å². The Hall–Kier alpha value is -0.784. The van der Waals surface area contributed by atoms with Gasteiger partial charge in [0, 0.05) is 5.97 Å². The van der Waals surface area contributed by atoms with Gasteiger partial charge < -0.3 is 183 Å². The van der Waals surface area contributed by atoms with Crippen LogP contribution in [0.3, 0.4) is 0 Å². The van der Waals surface area contributed by atoms with Gasteiger partial charge >= 0.3 is 57.4 Å². The summed E-state index contributed by atoms with van der Waals surface area (Å²) in [6.45, 7) is -7.57. The van der Waals surface area contributed by atoms with Gasteiger partial charge in [0.15, 0.2) is 44.0 Å². The fourth-order valence-corrected chi connectivity index (χ4v) is 10.9. The van der Waals surface area contributed by atoms with E-state index in [9.17, 15) is 117 Å². The van der Waals surface area contributed by atoms with Gasteiger partial charge in [-0.05, 0) is 6.42 Å². The van der Waals surface area contributed by atoms with Gasteiger partial charge in [0.25, 0.3) is 0 Å². The molecular formula is C46H73KO38. The first-order valence-corrected chi connectivity index (χ1v) is 26.6. The third-order valence-corrected chi connectivity index (χ3v) is 15.5. The van der Waals surface area contributed by atoms with Gasteiger partial charge in [-0.2, -0.15) is 0 Å². The zero-order chi connectivity index (χ0) is 61.3. The number of carboxylic acid groups (broad SMARTS) is 1. The van der Waals surface area contributed by atoms with E-state index in [1.165, 1.54) is 0 Å². The smallest absolute Gasteiger partial charge is 0.550 e. The Morgan fingerprint density at radius 2 is 0.459 bits per heavy atom. The van der Waals surface area contributed by atoms with Crippen molar-refractivity contribution in [3.05, 3.63) is 0 Å². The van der Waals surface area contributed by atoms with Gasteiger partial charge in [-0.25, -0.2) is 0 Å². The van der Waals surface area contributed by atoms with Crippen molar-refractivity contribution in [1.82, 2.24) is 0 Å². The average molecular weight is 1270 g/mol. The van der Waals surface area contributed by atoms with Crippen molar-refractivity contribution in [2.45, 2.75) is 228 Å². The SMILES string of the molecule is O=C([O-])CCC(=O)OC[C@H]1O[C@@H]2O[C@H]3[C@H](O)[C@@H](O)[C@@H](O[C@H]4[C@H](O)[C@@H](O)[C@@H](O[C@H]5[C@H](O)[C@@H](O)[C@@H](O[C@H]6[C@H](O)[C@@H](O)[C@@H](O[C@H]7[C@H](O)[C@@H](O)[C@@H](O[C@H]8[C@H](O)[C@@H](O)[C@@H](O[C@H]1[C@H](O)[C@H]2O)O[C@@H]8CO)O[C@@H]7CO)O[C@@H]6CO)O[C@@H]5CO)O[C@@H]4CO)O[C@@H]3CO.[K+]. The van der Waals surface area contributed by atoms with E-state index in [0.29, 0.717) is 0 Å². The van der Waals surface area contributed by atoms with Crippen molar-refractivity contribution < 1.29 is 239 Å². The van der Waals surface area contributed by atoms with Crippen molar-refractivity contribution in [3.8, 4) is 0 Å². The molecule has 0 radical (unpaired) electrons. The number of carboxylic acids is 1. The Kier molecular flexibility index (Phi) is 26.3. The van der Waals surface area contributed by atoms with Gasteiger partial charge in [0.2, 0.25) is 0 Å². The fourth-order valence-electron chi connectivity index (χ4n) is 10.9. The topological polar surface area (TPSA) is 600 Å². The standard InChI is InChI=1S/C46H74O38.K/c47-3-10-33-20(57)27(64)41(72-10)80-35-12(5-49)74-43(29(66)22(35)59)82-37-14(7-51)76-45(31(68)24(37)61)84-39-16(9-70-18(55)2-1-17(53)54)77-46(32(69)25(39)62)83-38-15(8-52)75-44(30(67)23(38)60)81-36-13(6-50)73-42(28(65)21(36)58)79-34-11(4-48)71-40(78-33)26(63)19(34)56;/h10-16,19-52,56-69H,1-9H2,(H,53,54);/q;+1/p-1/t10-,11-,12-,13-,14-,15-,16-,19-,20-,21-,22-,23-,24-,25-,26-,27-,28-,29-,30-,31-,32-,33-,34-,35-,36-,37-,38-,39-,40-,41-,42-,43-,44-,45-,46-;/m1./s1. The minimum atomic E-state index is -2.33. The molecule has 0 aromatic heterocycles. The average Bonchev–Trinajstić information content (AvgIpc) is 2.86. The van der Waals surface area contributed by atoms with Crippen LogP contribution in [0, 0.1) is 0 Å². The first-order chi connectivity index (χ1) is 39.9. The maximum absolute atomic E-state index is 12.6. The minimum Gasteiger partial charge on any atom is -0.550 e. The molecule has 21 aliphatic rings. The van der Waals surface area contributed by atoms with E-state index in [-0.39, 0.29) is 51.4 Å². The summed E-state index contributed by atoms with van der Waals surface area (Å²) in [6.07, 6.45) is -74.4. The van der Waals surface area contributed by atoms with Crippen LogP contribution in [0.5, 0.6) is 0 Å². The summed E-state index contributed by atoms with van der Waals surface area (Å²) in [5, 5.41) is 233. The molecule has 39 heteroatoms. The molecule has 85 heavy (non-hydrogen) atoms. The van der Waals surface area contributed by atoms with Gasteiger partial charge in [-0.1, -0.05) is 0 Å². The number of esters is 1. The predicted octanol–water partition coefficient (Wildman–Crippen LogP) is -19.1. The van der Waals surface area contributed by atoms with Crippen molar-refractivity contribution in [3.63, 3.8) is 0 Å². The third-order valence-electron chi connectivity index (χ3n) is 15.5. The number of rotatable bonds is 11. The Balaban J connectivity index is 0.0000104. The molecule has 38 nitrogen and oxygen atoms in total. The molecule has 0 aromatic carbocycles. The normalized spacial score (nSPS) is 51.0. The summed E-state index contributed by atoms with van der Waals surface area (Å²) in [5.74, 6) is -2.85. The Labute approximate surface area is 522 Å². The number of aliphatic carboxylic acids is 1. The first-order valence-electron chi connectivity index (χ1n) is 26.6. The fraction of sp³-hybridized carbons (Fsp3) is 0.957. The molecule has 0 amide bonds. The second-order valence-electron chi connectivity index (χ2n) is 21.0. The van der Waals surface area contributed by atoms with E-state index in [4.69, 9.17) is 71.1 Å². The molecule has 486 valence electrons. The Bertz CT molecular complexity index is 2080. The van der Waals surface area contributed by atoms with Crippen LogP contribution in [0.15, 0.2) is 0 Å². The van der Waals surface area contributed by atoms with Crippen molar-refractivity contribution >= 4 is 11.9 Å². The van der Waals surface area contributed by atoms with E-state index in [0.717, 1.165) is 0 Å². The van der Waals surface area contributed by atoms with Crippen molar-refractivity contribution in [2.75, 3.05) is 46.2 Å². The van der Waals surface area contributed by atoms with Crippen LogP contribution >= 0.6 is 0 Å². The summed E-state index contributed by atoms with van der Waals surface area (Å²) in [7, 11) is 0. The molecule has 21 saturated heterocycles. The molecule has 14 bridgehead atoms. The summed E-state index contributed by atoms with van der Waals surface area (Å²) < 4.78 is 85.1. The van der Waals surface area contributed by atoms with Gasteiger partial charge in [-0.3, -0.25) is 4.79 Å². The minimum absolute atomic E-state index is 0. The predicted molar refractivity (Wildman–Crippen MR) is 247 cm³/mol. The van der Waals surface area contributed by atoms with Crippen LogP contribution in [0.2, 0.25) is 0 Å². The summed E-state index contributed by atoms with van der Waals surface area (Å²) in [4.78, 5) is 23.7. The van der Waals surface area contributed by atoms with Gasteiger partial charge in [0.1, 0.15) is 178 Å². The molecule has 0 aromatic rings. The van der Waals surface area contributed by atoms with Crippen molar-refractivity contribution in [2.24, 2.45) is 0 Å². The molecule has 21 fully saturated rings. The van der Waals surface area contributed by atoms with Crippen LogP contribution in [-0.2, 0) is 80.6 Å². The Morgan fingerprint density at radius 3 is 0.635 bits per heavy atom. The largest absolute Gasteiger partial charge is 1.00 e. The van der Waals surface area contributed by atoms with E-state index >= 15 is 0 Å². The summed E-state index contributed by atoms with van der Waals surface area (Å²) in [5.41, 5.74) is 0. The number of aliphatic hydroxyl groups is 20. The number of ether oxygens (including phenoxy) is 15. The van der Waals surface area contributed by atoms with E-state index in [1.54, 1.807) is 0 Å². The molecule has 0 aliphatic carbocycles. The molecule has 20 N–H and O–H groups in total. The molecule has 0 unspecified atom stereocenters. The monoisotopic (exact) mass is 1270 g/mol. The zero-order valence-electron chi connectivity index (χ0n) is 44.9. The maximum atomic E-state index is 12.6. The van der Waals surface area contributed by atoms with Gasteiger partial charge in [-0.15, -0.1) is 0 Å². The van der Waals surface area contributed by atoms with E-state index in [1.807, 2.05) is 0 Å². The number of aliphatic hydroxyl groups excluding tert-OH is 20. The molecule has 0 saturated carbocycles. The van der Waals surface area contributed by atoms with Crippen LogP contribution < -0.4 is 56.5 Å². The number of hydrogen-bond acceptors (Lipinski definition) is 38. The zero-order valence-corrected chi connectivity index (χ0v) is 48.0. The number of hydrogen-bond donors (Lipinski definition) is 20. The third kappa shape index (κ3) is 15.3. The van der Waals surface area contributed by atoms with Crippen LogP contribution in [-0.4, -0.2) is 375 Å². The number of carbonyl (C=O) groups is 2. The maximum Gasteiger partial charge on any atom is 1.00 e. The second kappa shape index (κ2) is 31.2. The molecule has 21 aliphatic heterocycles. The molecule has 0 spiro atoms. The molecule has 21 heterocycles. The summed E-state index contributed by atoms with van der Waals surface area (Å²) in [6, 6.07) is 0. The van der Waals surface area contributed by atoms with Crippen LogP contribution in [0.4, 0.5) is 0 Å². The van der Waals surface area contributed by atoms with Crippen LogP contribution in [0.1, 0.15) is 12.8 Å². The first kappa shape index (κ1) is 71.7. The number of carbonyl (C=O) groups excluding carboxylic acids is 2. The van der Waals surface area contributed by atoms with E-state index in [2.05, 4.69) is 0 Å². The van der Waals surface area contributed by atoms with Gasteiger partial charge in [0.05, 0.1) is 46.1 Å². The summed E-state index contributed by atoms with van der Waals surface area (Å²) >= 11 is 0. The second-order valence-corrected chi connectivity index (χ2v) is 21.0. The Morgan fingerprint density at radius 1 is 0.282 bits per heavy atom. The molecule has 35 atom stereocenters.